The van der Waals surface area contributed by atoms with Crippen molar-refractivity contribution in [3.63, 3.8) is 0 Å². The zero-order valence-corrected chi connectivity index (χ0v) is 9.56. The smallest absolute Gasteiger partial charge is 0.313 e. The van der Waals surface area contributed by atoms with Gasteiger partial charge in [0.25, 0.3) is 0 Å². The molecule has 0 fully saturated rings. The van der Waals surface area contributed by atoms with Gasteiger partial charge in [0.05, 0.1) is 12.5 Å². The van der Waals surface area contributed by atoms with Gasteiger partial charge in [-0.1, -0.05) is 24.3 Å². The second kappa shape index (κ2) is 4.84. The van der Waals surface area contributed by atoms with E-state index in [1.807, 2.05) is 24.3 Å². The highest BCUT2D eigenvalue weighted by atomic mass is 16.5. The maximum absolute atomic E-state index is 11.1. The van der Waals surface area contributed by atoms with Crippen LogP contribution in [0.15, 0.2) is 36.9 Å². The van der Waals surface area contributed by atoms with E-state index in [-0.39, 0.29) is 0 Å². The lowest BCUT2D eigenvalue weighted by molar-refractivity contribution is -0.145. The summed E-state index contributed by atoms with van der Waals surface area (Å²) in [6.07, 6.45) is 1.83. The average molecular weight is 220 g/mol. The average Bonchev–Trinajstić information content (AvgIpc) is 2.29. The van der Waals surface area contributed by atoms with Crippen molar-refractivity contribution >= 4 is 5.97 Å². The highest BCUT2D eigenvalue weighted by Gasteiger charge is 2.30. The van der Waals surface area contributed by atoms with Crippen LogP contribution >= 0.6 is 0 Å². The molecule has 1 rings (SSSR count). The third-order valence-corrected chi connectivity index (χ3v) is 2.69. The van der Waals surface area contributed by atoms with Gasteiger partial charge < -0.3 is 9.84 Å². The van der Waals surface area contributed by atoms with Crippen LogP contribution in [-0.4, -0.2) is 18.2 Å². The van der Waals surface area contributed by atoms with E-state index in [9.17, 15) is 4.79 Å². The number of aliphatic carboxylic acids is 1. The number of hydrogen-bond acceptors (Lipinski definition) is 2. The monoisotopic (exact) mass is 220 g/mol. The quantitative estimate of drug-likeness (QED) is 0.775. The molecule has 0 bridgehead atoms. The van der Waals surface area contributed by atoms with Gasteiger partial charge in [0.15, 0.2) is 0 Å². The van der Waals surface area contributed by atoms with E-state index in [0.717, 1.165) is 5.56 Å². The molecular weight excluding hydrogens is 204 g/mol. The molecule has 86 valence electrons. The van der Waals surface area contributed by atoms with Crippen molar-refractivity contribution in [1.29, 1.82) is 0 Å². The van der Waals surface area contributed by atoms with Crippen molar-refractivity contribution in [2.75, 3.05) is 7.11 Å². The number of methoxy groups -OCH3 is 1. The molecule has 0 spiro atoms. The van der Waals surface area contributed by atoms with Crippen LogP contribution in [0.25, 0.3) is 0 Å². The first-order chi connectivity index (χ1) is 7.53. The van der Waals surface area contributed by atoms with Crippen molar-refractivity contribution < 1.29 is 14.6 Å². The molecular formula is C13H16O3. The summed E-state index contributed by atoms with van der Waals surface area (Å²) in [5.74, 6) is -0.176. The number of rotatable bonds is 5. The normalized spacial score (nSPS) is 13.9. The van der Waals surface area contributed by atoms with Gasteiger partial charge >= 0.3 is 5.97 Å². The molecule has 1 unspecified atom stereocenters. The number of carbonyl (C=O) groups is 1. The first kappa shape index (κ1) is 12.3. The Morgan fingerprint density at radius 2 is 2.19 bits per heavy atom. The number of carboxylic acids is 1. The molecule has 0 aromatic heterocycles. The van der Waals surface area contributed by atoms with Gasteiger partial charge in [-0.15, -0.1) is 6.58 Å². The van der Waals surface area contributed by atoms with Crippen LogP contribution in [0.2, 0.25) is 0 Å². The van der Waals surface area contributed by atoms with E-state index < -0.39 is 11.4 Å². The Morgan fingerprint density at radius 3 is 2.69 bits per heavy atom. The molecule has 0 aliphatic rings. The van der Waals surface area contributed by atoms with Gasteiger partial charge in [-0.3, -0.25) is 4.79 Å². The fraction of sp³-hybridized carbons (Fsp3) is 0.308. The predicted octanol–water partition coefficient (Wildman–Crippen LogP) is 2.51. The third-order valence-electron chi connectivity index (χ3n) is 2.69. The van der Waals surface area contributed by atoms with E-state index in [2.05, 4.69) is 6.58 Å². The van der Waals surface area contributed by atoms with Crippen molar-refractivity contribution in [3.05, 3.63) is 42.5 Å². The molecule has 0 aliphatic heterocycles. The minimum atomic E-state index is -0.964. The van der Waals surface area contributed by atoms with Crippen LogP contribution in [-0.2, 0) is 11.2 Å². The molecule has 1 aromatic carbocycles. The SMILES string of the molecule is C=CC(C)(Cc1ccccc1OC)C(=O)O. The van der Waals surface area contributed by atoms with E-state index in [4.69, 9.17) is 9.84 Å². The molecule has 0 aliphatic carbocycles. The highest BCUT2D eigenvalue weighted by molar-refractivity contribution is 5.77. The lowest BCUT2D eigenvalue weighted by atomic mass is 9.83. The Balaban J connectivity index is 3.03. The van der Waals surface area contributed by atoms with Gasteiger partial charge in [0.2, 0.25) is 0 Å². The Labute approximate surface area is 95.4 Å². The van der Waals surface area contributed by atoms with Crippen molar-refractivity contribution in [1.82, 2.24) is 0 Å². The molecule has 1 aromatic rings. The Morgan fingerprint density at radius 1 is 1.56 bits per heavy atom. The van der Waals surface area contributed by atoms with E-state index in [0.29, 0.717) is 12.2 Å². The maximum Gasteiger partial charge on any atom is 0.313 e. The fourth-order valence-corrected chi connectivity index (χ4v) is 1.48. The molecule has 0 saturated heterocycles. The van der Waals surface area contributed by atoms with Gasteiger partial charge in [0.1, 0.15) is 5.75 Å². The molecule has 16 heavy (non-hydrogen) atoms. The van der Waals surface area contributed by atoms with Crippen molar-refractivity contribution in [2.45, 2.75) is 13.3 Å². The predicted molar refractivity (Wildman–Crippen MR) is 62.6 cm³/mol. The summed E-state index contributed by atoms with van der Waals surface area (Å²) in [4.78, 5) is 11.1. The number of ether oxygens (including phenoxy) is 1. The molecule has 0 saturated carbocycles. The zero-order valence-electron chi connectivity index (χ0n) is 9.56. The van der Waals surface area contributed by atoms with Crippen molar-refractivity contribution in [3.8, 4) is 5.75 Å². The van der Waals surface area contributed by atoms with Gasteiger partial charge in [-0.25, -0.2) is 0 Å². The minimum absolute atomic E-state index is 0.371. The van der Waals surface area contributed by atoms with Crippen LogP contribution in [0.4, 0.5) is 0 Å². The number of carboxylic acid groups (broad SMARTS) is 1. The molecule has 1 atom stereocenters. The van der Waals surface area contributed by atoms with Gasteiger partial charge in [-0.05, 0) is 25.0 Å². The number of benzene rings is 1. The van der Waals surface area contributed by atoms with E-state index in [1.54, 1.807) is 14.0 Å². The Bertz CT molecular complexity index is 398. The van der Waals surface area contributed by atoms with Crippen LogP contribution in [0.5, 0.6) is 5.75 Å². The summed E-state index contributed by atoms with van der Waals surface area (Å²) in [5.41, 5.74) is -0.0935. The maximum atomic E-state index is 11.1. The second-order valence-electron chi connectivity index (χ2n) is 3.92. The lowest BCUT2D eigenvalue weighted by Gasteiger charge is -2.21. The summed E-state index contributed by atoms with van der Waals surface area (Å²) in [5, 5.41) is 9.15. The van der Waals surface area contributed by atoms with Crippen LogP contribution < -0.4 is 4.74 Å². The zero-order chi connectivity index (χ0) is 12.2. The van der Waals surface area contributed by atoms with Crippen LogP contribution in [0.1, 0.15) is 12.5 Å². The van der Waals surface area contributed by atoms with Crippen LogP contribution in [0.3, 0.4) is 0 Å². The van der Waals surface area contributed by atoms with Crippen molar-refractivity contribution in [2.24, 2.45) is 5.41 Å². The lowest BCUT2D eigenvalue weighted by Crippen LogP contribution is -2.27. The molecule has 0 radical (unpaired) electrons. The largest absolute Gasteiger partial charge is 0.496 e. The Kier molecular flexibility index (Phi) is 3.72. The van der Waals surface area contributed by atoms with Crippen LogP contribution in [0, 0.1) is 5.41 Å². The summed E-state index contributed by atoms with van der Waals surface area (Å²) >= 11 is 0. The standard InChI is InChI=1S/C13H16O3/c1-4-13(2,12(14)15)9-10-7-5-6-8-11(10)16-3/h4-8H,1,9H2,2-3H3,(H,14,15). The number of para-hydroxylation sites is 1. The molecule has 3 nitrogen and oxygen atoms in total. The summed E-state index contributed by atoms with van der Waals surface area (Å²) < 4.78 is 5.19. The van der Waals surface area contributed by atoms with E-state index in [1.165, 1.54) is 6.08 Å². The molecule has 3 heteroatoms. The van der Waals surface area contributed by atoms with Gasteiger partial charge in [-0.2, -0.15) is 0 Å². The Hall–Kier alpha value is -1.77. The molecule has 0 heterocycles. The highest BCUT2D eigenvalue weighted by Crippen LogP contribution is 2.29. The molecule has 1 N–H and O–H groups in total. The summed E-state index contributed by atoms with van der Waals surface area (Å²) in [6, 6.07) is 7.40. The summed E-state index contributed by atoms with van der Waals surface area (Å²) in [7, 11) is 1.57. The second-order valence-corrected chi connectivity index (χ2v) is 3.92. The minimum Gasteiger partial charge on any atom is -0.496 e. The fourth-order valence-electron chi connectivity index (χ4n) is 1.48. The topological polar surface area (TPSA) is 46.5 Å². The summed E-state index contributed by atoms with van der Waals surface area (Å²) in [6.45, 7) is 5.23. The van der Waals surface area contributed by atoms with E-state index >= 15 is 0 Å². The van der Waals surface area contributed by atoms with Gasteiger partial charge in [0, 0.05) is 0 Å². The first-order valence-electron chi connectivity index (χ1n) is 5.02. The first-order valence-corrected chi connectivity index (χ1v) is 5.02. The number of hydrogen-bond donors (Lipinski definition) is 1. The third kappa shape index (κ3) is 2.42. The molecule has 0 amide bonds.